The summed E-state index contributed by atoms with van der Waals surface area (Å²) in [4.78, 5) is 25.9. The Kier molecular flexibility index (Phi) is 2.92. The molecule has 0 N–H and O–H groups in total. The van der Waals surface area contributed by atoms with Crippen molar-refractivity contribution in [2.24, 2.45) is 22.1 Å². The van der Waals surface area contributed by atoms with Gasteiger partial charge in [-0.2, -0.15) is 10.2 Å². The van der Waals surface area contributed by atoms with Gasteiger partial charge in [0.05, 0.1) is 12.0 Å². The summed E-state index contributed by atoms with van der Waals surface area (Å²) in [5, 5.41) is 7.93. The monoisotopic (exact) mass is 249 g/mol. The molecule has 0 aromatic carbocycles. The molecule has 98 valence electrons. The molecule has 2 aliphatic heterocycles. The predicted octanol–water partition coefficient (Wildman–Crippen LogP) is 1.77. The van der Waals surface area contributed by atoms with E-state index in [4.69, 9.17) is 0 Å². The van der Waals surface area contributed by atoms with Gasteiger partial charge in [0.15, 0.2) is 6.04 Å². The van der Waals surface area contributed by atoms with Crippen LogP contribution in [0.5, 0.6) is 0 Å². The topological polar surface area (TPSA) is 62.1 Å². The molecule has 0 spiro atoms. The van der Waals surface area contributed by atoms with Gasteiger partial charge in [-0.05, 0) is 25.7 Å². The largest absolute Gasteiger partial charge is 0.280 e. The first kappa shape index (κ1) is 11.8. The number of likely N-dealkylation sites (tertiary alicyclic amines) is 1. The van der Waals surface area contributed by atoms with Crippen molar-refractivity contribution in [1.29, 1.82) is 0 Å². The fraction of sp³-hybridized carbons (Fsp3) is 0.846. The standard InChI is InChI=1S/C13H19N3O2/c1-8-10-11(15-14-8)13(18)16(12(10)17)7-9-5-3-2-4-6-9/h8-11H,2-7H2,1H3/t8-,10-,11-/m0/s1. The van der Waals surface area contributed by atoms with Gasteiger partial charge in [0, 0.05) is 6.54 Å². The smallest absolute Gasteiger partial charge is 0.256 e. The average molecular weight is 249 g/mol. The molecule has 3 rings (SSSR count). The van der Waals surface area contributed by atoms with Crippen LogP contribution in [0.25, 0.3) is 0 Å². The zero-order valence-electron chi connectivity index (χ0n) is 10.7. The Morgan fingerprint density at radius 2 is 1.83 bits per heavy atom. The Morgan fingerprint density at radius 1 is 1.11 bits per heavy atom. The van der Waals surface area contributed by atoms with E-state index >= 15 is 0 Å². The Hall–Kier alpha value is -1.26. The molecule has 18 heavy (non-hydrogen) atoms. The van der Waals surface area contributed by atoms with Crippen molar-refractivity contribution in [1.82, 2.24) is 4.90 Å². The number of rotatable bonds is 2. The lowest BCUT2D eigenvalue weighted by atomic mass is 9.89. The molecule has 3 atom stereocenters. The van der Waals surface area contributed by atoms with Crippen LogP contribution in [-0.4, -0.2) is 35.3 Å². The Morgan fingerprint density at radius 3 is 2.50 bits per heavy atom. The quantitative estimate of drug-likeness (QED) is 0.700. The number of hydrogen-bond donors (Lipinski definition) is 0. The molecule has 0 aromatic heterocycles. The van der Waals surface area contributed by atoms with Gasteiger partial charge in [-0.3, -0.25) is 14.5 Å². The number of nitrogens with zero attached hydrogens (tertiary/aromatic N) is 3. The molecule has 0 aromatic rings. The third-order valence-electron chi connectivity index (χ3n) is 4.47. The summed E-state index contributed by atoms with van der Waals surface area (Å²) in [5.41, 5.74) is 0. The van der Waals surface area contributed by atoms with E-state index in [2.05, 4.69) is 10.2 Å². The average Bonchev–Trinajstić information content (AvgIpc) is 2.87. The van der Waals surface area contributed by atoms with Crippen LogP contribution in [0.2, 0.25) is 0 Å². The highest BCUT2D eigenvalue weighted by Gasteiger charge is 2.53. The van der Waals surface area contributed by atoms with Crippen molar-refractivity contribution in [3.8, 4) is 0 Å². The van der Waals surface area contributed by atoms with Crippen molar-refractivity contribution >= 4 is 11.8 Å². The summed E-state index contributed by atoms with van der Waals surface area (Å²) >= 11 is 0. The second-order valence-corrected chi connectivity index (χ2v) is 5.73. The van der Waals surface area contributed by atoms with Gasteiger partial charge in [-0.15, -0.1) is 0 Å². The Labute approximate surface area is 107 Å². The molecule has 1 aliphatic carbocycles. The van der Waals surface area contributed by atoms with Crippen LogP contribution in [0.4, 0.5) is 0 Å². The van der Waals surface area contributed by atoms with E-state index in [9.17, 15) is 9.59 Å². The van der Waals surface area contributed by atoms with Crippen LogP contribution in [-0.2, 0) is 9.59 Å². The summed E-state index contributed by atoms with van der Waals surface area (Å²) in [5.74, 6) is 0.00978. The number of hydrogen-bond acceptors (Lipinski definition) is 4. The first-order valence-electron chi connectivity index (χ1n) is 6.93. The maximum atomic E-state index is 12.3. The molecule has 1 saturated carbocycles. The molecule has 5 nitrogen and oxygen atoms in total. The van der Waals surface area contributed by atoms with E-state index in [0.717, 1.165) is 12.8 Å². The maximum Gasteiger partial charge on any atom is 0.256 e. The lowest BCUT2D eigenvalue weighted by molar-refractivity contribution is -0.140. The maximum absolute atomic E-state index is 12.3. The van der Waals surface area contributed by atoms with Crippen LogP contribution in [0.15, 0.2) is 10.2 Å². The lowest BCUT2D eigenvalue weighted by Gasteiger charge is -2.26. The minimum Gasteiger partial charge on any atom is -0.280 e. The van der Waals surface area contributed by atoms with Gasteiger partial charge in [0.25, 0.3) is 5.91 Å². The van der Waals surface area contributed by atoms with Gasteiger partial charge < -0.3 is 0 Å². The molecule has 5 heteroatoms. The molecule has 3 aliphatic rings. The van der Waals surface area contributed by atoms with Crippen molar-refractivity contribution in [2.75, 3.05) is 6.54 Å². The normalized spacial score (nSPS) is 36.5. The molecule has 1 saturated heterocycles. The van der Waals surface area contributed by atoms with Gasteiger partial charge in [-0.25, -0.2) is 0 Å². The van der Waals surface area contributed by atoms with Crippen LogP contribution in [0.3, 0.4) is 0 Å². The van der Waals surface area contributed by atoms with Crippen LogP contribution in [0, 0.1) is 11.8 Å². The number of carbonyl (C=O) groups is 2. The fourth-order valence-corrected chi connectivity index (χ4v) is 3.38. The summed E-state index contributed by atoms with van der Waals surface area (Å²) in [6.45, 7) is 2.47. The number of fused-ring (bicyclic) bond motifs is 1. The summed E-state index contributed by atoms with van der Waals surface area (Å²) in [7, 11) is 0. The zero-order chi connectivity index (χ0) is 12.7. The molecular weight excluding hydrogens is 230 g/mol. The van der Waals surface area contributed by atoms with Crippen molar-refractivity contribution in [2.45, 2.75) is 51.1 Å². The first-order valence-corrected chi connectivity index (χ1v) is 6.93. The molecule has 2 fully saturated rings. The second kappa shape index (κ2) is 4.44. The number of carbonyl (C=O) groups excluding carboxylic acids is 2. The zero-order valence-corrected chi connectivity index (χ0v) is 10.7. The third-order valence-corrected chi connectivity index (χ3v) is 4.47. The highest BCUT2D eigenvalue weighted by molar-refractivity contribution is 6.07. The predicted molar refractivity (Wildman–Crippen MR) is 64.9 cm³/mol. The highest BCUT2D eigenvalue weighted by Crippen LogP contribution is 2.34. The number of amides is 2. The van der Waals surface area contributed by atoms with Crippen LogP contribution >= 0.6 is 0 Å². The van der Waals surface area contributed by atoms with Gasteiger partial charge in [0.1, 0.15) is 0 Å². The van der Waals surface area contributed by atoms with Crippen molar-refractivity contribution in [3.63, 3.8) is 0 Å². The van der Waals surface area contributed by atoms with Gasteiger partial charge >= 0.3 is 0 Å². The van der Waals surface area contributed by atoms with Crippen molar-refractivity contribution in [3.05, 3.63) is 0 Å². The summed E-state index contributed by atoms with van der Waals surface area (Å²) in [6.07, 6.45) is 6.02. The summed E-state index contributed by atoms with van der Waals surface area (Å²) in [6, 6.07) is -0.654. The minimum atomic E-state index is -0.518. The van der Waals surface area contributed by atoms with E-state index in [1.165, 1.54) is 24.2 Å². The van der Waals surface area contributed by atoms with E-state index in [1.807, 2.05) is 6.92 Å². The Bertz CT molecular complexity index is 401. The molecular formula is C13H19N3O2. The molecule has 0 unspecified atom stereocenters. The second-order valence-electron chi connectivity index (χ2n) is 5.73. The molecule has 0 radical (unpaired) electrons. The van der Waals surface area contributed by atoms with Crippen LogP contribution in [0.1, 0.15) is 39.0 Å². The highest BCUT2D eigenvalue weighted by atomic mass is 16.2. The first-order chi connectivity index (χ1) is 8.68. The SMILES string of the molecule is C[C@@H]1N=N[C@@H]2C(=O)N(CC3CCCCC3)C(=O)[C@@H]12. The van der Waals surface area contributed by atoms with E-state index in [-0.39, 0.29) is 23.8 Å². The molecule has 2 heterocycles. The molecule has 0 bridgehead atoms. The Balaban J connectivity index is 1.71. The van der Waals surface area contributed by atoms with Crippen molar-refractivity contribution < 1.29 is 9.59 Å². The fourth-order valence-electron chi connectivity index (χ4n) is 3.38. The van der Waals surface area contributed by atoms with E-state index < -0.39 is 6.04 Å². The van der Waals surface area contributed by atoms with E-state index in [0.29, 0.717) is 12.5 Å². The molecule has 2 amide bonds. The summed E-state index contributed by atoms with van der Waals surface area (Å²) < 4.78 is 0. The third kappa shape index (κ3) is 1.76. The van der Waals surface area contributed by atoms with Gasteiger partial charge in [0.2, 0.25) is 5.91 Å². The number of azo groups is 1. The lowest BCUT2D eigenvalue weighted by Crippen LogP contribution is -2.37. The minimum absolute atomic E-state index is 0.0481. The number of imide groups is 1. The van der Waals surface area contributed by atoms with Crippen LogP contribution < -0.4 is 0 Å². The van der Waals surface area contributed by atoms with Gasteiger partial charge in [-0.1, -0.05) is 19.3 Å². The van der Waals surface area contributed by atoms with E-state index in [1.54, 1.807) is 0 Å².